The molecule has 4 rings (SSSR count). The molecule has 2 saturated heterocycles. The molecule has 2 aliphatic heterocycles. The summed E-state index contributed by atoms with van der Waals surface area (Å²) < 4.78 is 35.0. The molecule has 0 bridgehead atoms. The zero-order valence-corrected chi connectivity index (χ0v) is 25.8. The first-order valence-electron chi connectivity index (χ1n) is 15.6. The Labute approximate surface area is 259 Å². The van der Waals surface area contributed by atoms with Crippen LogP contribution in [-0.2, 0) is 38.1 Å². The molecule has 1 aliphatic carbocycles. The molecule has 10 heteroatoms. The minimum atomic E-state index is -0.502. The molecule has 2 heterocycles. The summed E-state index contributed by atoms with van der Waals surface area (Å²) in [6.07, 6.45) is 10.0. The van der Waals surface area contributed by atoms with Crippen molar-refractivity contribution in [2.75, 3.05) is 26.9 Å². The van der Waals surface area contributed by atoms with Crippen LogP contribution in [0.1, 0.15) is 77.0 Å². The van der Waals surface area contributed by atoms with Gasteiger partial charge in [0.1, 0.15) is 30.0 Å². The zero-order valence-electron chi connectivity index (χ0n) is 25.1. The number of rotatable bonds is 16. The van der Waals surface area contributed by atoms with Crippen LogP contribution in [0.15, 0.2) is 36.4 Å². The van der Waals surface area contributed by atoms with E-state index in [1.807, 2.05) is 24.3 Å². The number of esters is 1. The summed E-state index contributed by atoms with van der Waals surface area (Å²) in [6, 6.07) is 7.19. The molecular formula is C33H45ClO9. The van der Waals surface area contributed by atoms with Crippen molar-refractivity contribution >= 4 is 29.1 Å². The highest BCUT2D eigenvalue weighted by Gasteiger charge is 2.43. The summed E-state index contributed by atoms with van der Waals surface area (Å²) in [5, 5.41) is 0.577. The maximum absolute atomic E-state index is 13.3. The van der Waals surface area contributed by atoms with E-state index in [0.717, 1.165) is 38.5 Å². The zero-order chi connectivity index (χ0) is 30.4. The first kappa shape index (κ1) is 33.6. The van der Waals surface area contributed by atoms with Crippen LogP contribution in [0.25, 0.3) is 0 Å². The van der Waals surface area contributed by atoms with Gasteiger partial charge in [-0.25, -0.2) is 0 Å². The SMILES string of the molecule is COC(=O)CCCCC(=O)C[C@H]1C(=O)C[C@@H](OC2CCCCO2)[C@@H]1/C=C/[C@@H](COc1cccc(Cl)c1)OC1CCCCO1. The highest BCUT2D eigenvalue weighted by molar-refractivity contribution is 6.30. The molecule has 0 aromatic heterocycles. The second-order valence-corrected chi connectivity index (χ2v) is 11.9. The highest BCUT2D eigenvalue weighted by Crippen LogP contribution is 2.37. The standard InChI is InChI=1S/C33H45ClO9/c1-38-31(37)12-3-2-10-24(35)20-28-27(30(21-29(28)36)43-33-14-5-7-18-40-33)16-15-26(42-32-13-4-6-17-39-32)22-41-25-11-8-9-23(34)19-25/h8-9,11,15-16,19,26-28,30,32-33H,2-7,10,12-14,17-18,20-22H2,1H3/b16-15+/t26-,27+,28+,30+,32?,33?/m0/s1. The van der Waals surface area contributed by atoms with Crippen LogP contribution in [0.4, 0.5) is 0 Å². The fourth-order valence-corrected chi connectivity index (χ4v) is 5.98. The predicted octanol–water partition coefficient (Wildman–Crippen LogP) is 6.00. The smallest absolute Gasteiger partial charge is 0.305 e. The molecule has 43 heavy (non-hydrogen) atoms. The van der Waals surface area contributed by atoms with E-state index in [4.69, 9.17) is 35.3 Å². The Morgan fingerprint density at radius 3 is 2.49 bits per heavy atom. The van der Waals surface area contributed by atoms with Gasteiger partial charge in [0.05, 0.1) is 13.2 Å². The molecule has 9 nitrogen and oxygen atoms in total. The van der Waals surface area contributed by atoms with Gasteiger partial charge in [-0.15, -0.1) is 0 Å². The van der Waals surface area contributed by atoms with E-state index in [1.165, 1.54) is 7.11 Å². The van der Waals surface area contributed by atoms with Crippen LogP contribution in [0.2, 0.25) is 5.02 Å². The summed E-state index contributed by atoms with van der Waals surface area (Å²) in [6.45, 7) is 1.50. The van der Waals surface area contributed by atoms with Crippen molar-refractivity contribution in [2.24, 2.45) is 11.8 Å². The molecule has 2 unspecified atom stereocenters. The summed E-state index contributed by atoms with van der Waals surface area (Å²) in [7, 11) is 1.35. The number of carbonyl (C=O) groups is 3. The van der Waals surface area contributed by atoms with Gasteiger partial charge in [0.25, 0.3) is 0 Å². The van der Waals surface area contributed by atoms with E-state index >= 15 is 0 Å². The Morgan fingerprint density at radius 1 is 1.05 bits per heavy atom. The van der Waals surface area contributed by atoms with Crippen LogP contribution < -0.4 is 4.74 Å². The number of hydrogen-bond acceptors (Lipinski definition) is 9. The van der Waals surface area contributed by atoms with Gasteiger partial charge in [0.2, 0.25) is 0 Å². The molecule has 0 N–H and O–H groups in total. The third-order valence-corrected chi connectivity index (χ3v) is 8.39. The highest BCUT2D eigenvalue weighted by atomic mass is 35.5. The van der Waals surface area contributed by atoms with E-state index in [2.05, 4.69) is 4.74 Å². The van der Waals surface area contributed by atoms with Crippen molar-refractivity contribution in [3.8, 4) is 5.75 Å². The molecule has 6 atom stereocenters. The van der Waals surface area contributed by atoms with Crippen molar-refractivity contribution in [3.63, 3.8) is 0 Å². The quantitative estimate of drug-likeness (QED) is 0.125. The van der Waals surface area contributed by atoms with E-state index in [1.54, 1.807) is 12.1 Å². The summed E-state index contributed by atoms with van der Waals surface area (Å²) in [5.41, 5.74) is 0. The lowest BCUT2D eigenvalue weighted by molar-refractivity contribution is -0.192. The fourth-order valence-electron chi connectivity index (χ4n) is 5.80. The molecule has 0 amide bonds. The Kier molecular flexibility index (Phi) is 14.0. The topological polar surface area (TPSA) is 107 Å². The lowest BCUT2D eigenvalue weighted by atomic mass is 9.88. The Balaban J connectivity index is 1.46. The fraction of sp³-hybridized carbons (Fsp3) is 0.667. The maximum atomic E-state index is 13.3. The maximum Gasteiger partial charge on any atom is 0.305 e. The largest absolute Gasteiger partial charge is 0.490 e. The average Bonchev–Trinajstić information content (AvgIpc) is 3.30. The van der Waals surface area contributed by atoms with E-state index in [-0.39, 0.29) is 61.9 Å². The van der Waals surface area contributed by atoms with E-state index in [9.17, 15) is 14.4 Å². The molecule has 0 spiro atoms. The van der Waals surface area contributed by atoms with Gasteiger partial charge in [-0.05, 0) is 69.6 Å². The van der Waals surface area contributed by atoms with E-state index < -0.39 is 18.1 Å². The van der Waals surface area contributed by atoms with Crippen LogP contribution >= 0.6 is 11.6 Å². The summed E-state index contributed by atoms with van der Waals surface area (Å²) in [4.78, 5) is 37.6. The van der Waals surface area contributed by atoms with Gasteiger partial charge in [0, 0.05) is 55.8 Å². The molecule has 1 aromatic rings. The van der Waals surface area contributed by atoms with Crippen LogP contribution in [0.3, 0.4) is 0 Å². The number of Topliss-reactive ketones (excluding diaryl/α,β-unsaturated/α-hetero) is 2. The first-order chi connectivity index (χ1) is 20.9. The van der Waals surface area contributed by atoms with Crippen molar-refractivity contribution in [1.29, 1.82) is 0 Å². The minimum absolute atomic E-state index is 0.00359. The monoisotopic (exact) mass is 620 g/mol. The molecule has 3 aliphatic rings. The van der Waals surface area contributed by atoms with Crippen molar-refractivity contribution in [1.82, 2.24) is 0 Å². The molecule has 3 fully saturated rings. The van der Waals surface area contributed by atoms with Crippen molar-refractivity contribution in [3.05, 3.63) is 41.4 Å². The Hall–Kier alpha value is -2.30. The Morgan fingerprint density at radius 2 is 1.79 bits per heavy atom. The molecular weight excluding hydrogens is 576 g/mol. The normalized spacial score (nSPS) is 26.8. The Bertz CT molecular complexity index is 1060. The molecule has 0 radical (unpaired) electrons. The molecule has 238 valence electrons. The van der Waals surface area contributed by atoms with Crippen molar-refractivity contribution in [2.45, 2.75) is 102 Å². The number of halogens is 1. The van der Waals surface area contributed by atoms with Crippen LogP contribution in [0, 0.1) is 11.8 Å². The van der Waals surface area contributed by atoms with Gasteiger partial charge in [-0.3, -0.25) is 14.4 Å². The van der Waals surface area contributed by atoms with Crippen molar-refractivity contribution < 1.29 is 42.8 Å². The second-order valence-electron chi connectivity index (χ2n) is 11.5. The van der Waals surface area contributed by atoms with Gasteiger partial charge in [-0.1, -0.05) is 29.8 Å². The number of carbonyl (C=O) groups excluding carboxylic acids is 3. The number of unbranched alkanes of at least 4 members (excludes halogenated alkanes) is 1. The summed E-state index contributed by atoms with van der Waals surface area (Å²) in [5.74, 6) is -0.463. The lowest BCUT2D eigenvalue weighted by Crippen LogP contribution is -2.32. The minimum Gasteiger partial charge on any atom is -0.490 e. The average molecular weight is 621 g/mol. The van der Waals surface area contributed by atoms with Gasteiger partial charge in [-0.2, -0.15) is 0 Å². The van der Waals surface area contributed by atoms with Gasteiger partial charge < -0.3 is 28.4 Å². The van der Waals surface area contributed by atoms with Crippen LogP contribution in [-0.4, -0.2) is 69.3 Å². The van der Waals surface area contributed by atoms with Gasteiger partial charge >= 0.3 is 5.97 Å². The lowest BCUT2D eigenvalue weighted by Gasteiger charge is -2.29. The number of hydrogen-bond donors (Lipinski definition) is 0. The van der Waals surface area contributed by atoms with E-state index in [0.29, 0.717) is 43.2 Å². The van der Waals surface area contributed by atoms with Crippen LogP contribution in [0.5, 0.6) is 5.75 Å². The third-order valence-electron chi connectivity index (χ3n) is 8.16. The number of ketones is 2. The first-order valence-corrected chi connectivity index (χ1v) is 16.0. The predicted molar refractivity (Wildman–Crippen MR) is 160 cm³/mol. The third kappa shape index (κ3) is 11.3. The summed E-state index contributed by atoms with van der Waals surface area (Å²) >= 11 is 6.14. The molecule has 1 aromatic carbocycles. The van der Waals surface area contributed by atoms with Gasteiger partial charge in [0.15, 0.2) is 12.6 Å². The second kappa shape index (κ2) is 17.9. The number of methoxy groups -OCH3 is 1. The number of ether oxygens (including phenoxy) is 6. The number of benzene rings is 1. The molecule has 1 saturated carbocycles.